The average molecular weight is 398 g/mol. The zero-order chi connectivity index (χ0) is 20.5. The Kier molecular flexibility index (Phi) is 4.67. The van der Waals surface area contributed by atoms with Gasteiger partial charge in [0.15, 0.2) is 23.0 Å². The third kappa shape index (κ3) is 3.52. The highest BCUT2D eigenvalue weighted by Gasteiger charge is 2.19. The van der Waals surface area contributed by atoms with Crippen LogP contribution in [0, 0.1) is 17.5 Å². The molecular weight excluding hydrogens is 385 g/mol. The van der Waals surface area contributed by atoms with Crippen molar-refractivity contribution >= 4 is 22.7 Å². The largest absolute Gasteiger partial charge is 0.497 e. The molecule has 3 aromatic carbocycles. The lowest BCUT2D eigenvalue weighted by Crippen LogP contribution is -2.15. The van der Waals surface area contributed by atoms with E-state index in [1.54, 1.807) is 43.5 Å². The zero-order valence-electron chi connectivity index (χ0n) is 15.0. The van der Waals surface area contributed by atoms with Gasteiger partial charge >= 0.3 is 0 Å². The molecule has 0 bridgehead atoms. The van der Waals surface area contributed by atoms with Gasteiger partial charge in [-0.05, 0) is 48.5 Å². The molecule has 1 heterocycles. The number of amides is 1. The third-order valence-corrected chi connectivity index (χ3v) is 4.26. The number of halogens is 3. The summed E-state index contributed by atoms with van der Waals surface area (Å²) < 4.78 is 51.0. The van der Waals surface area contributed by atoms with Crippen LogP contribution in [0.5, 0.6) is 5.75 Å². The van der Waals surface area contributed by atoms with Crippen molar-refractivity contribution in [2.24, 2.45) is 0 Å². The van der Waals surface area contributed by atoms with Crippen molar-refractivity contribution in [3.05, 3.63) is 77.6 Å². The lowest BCUT2D eigenvalue weighted by molar-refractivity contribution is 0.102. The van der Waals surface area contributed by atoms with Crippen LogP contribution in [0.1, 0.15) is 10.4 Å². The van der Waals surface area contributed by atoms with Crippen LogP contribution in [0.2, 0.25) is 0 Å². The first-order valence-electron chi connectivity index (χ1n) is 8.46. The van der Waals surface area contributed by atoms with E-state index in [9.17, 15) is 18.0 Å². The van der Waals surface area contributed by atoms with Crippen molar-refractivity contribution in [1.82, 2.24) is 4.98 Å². The standard InChI is InChI=1S/C21H13F3N2O3/c1-28-13-5-2-11(3-6-13)21-26-16-9-4-12(10-17(16)29-21)25-20(27)14-7-8-15(22)19(24)18(14)23/h2-10H,1H3,(H,25,27). The molecule has 0 fully saturated rings. The Morgan fingerprint density at radius 2 is 1.76 bits per heavy atom. The minimum atomic E-state index is -1.70. The van der Waals surface area contributed by atoms with Gasteiger partial charge in [-0.15, -0.1) is 0 Å². The van der Waals surface area contributed by atoms with Gasteiger partial charge < -0.3 is 14.5 Å². The monoisotopic (exact) mass is 398 g/mol. The van der Waals surface area contributed by atoms with Crippen LogP contribution in [-0.4, -0.2) is 18.0 Å². The maximum Gasteiger partial charge on any atom is 0.258 e. The molecule has 0 unspecified atom stereocenters. The lowest BCUT2D eigenvalue weighted by atomic mass is 10.1. The Morgan fingerprint density at radius 1 is 1.00 bits per heavy atom. The van der Waals surface area contributed by atoms with E-state index in [1.165, 1.54) is 6.07 Å². The number of oxazole rings is 1. The molecular formula is C21H13F3N2O3. The quantitative estimate of drug-likeness (QED) is 0.482. The maximum absolute atomic E-state index is 13.8. The van der Waals surface area contributed by atoms with Gasteiger partial charge in [0.2, 0.25) is 5.89 Å². The summed E-state index contributed by atoms with van der Waals surface area (Å²) in [6, 6.07) is 13.3. The summed E-state index contributed by atoms with van der Waals surface area (Å²) in [5, 5.41) is 2.43. The molecule has 1 aromatic heterocycles. The number of carbonyl (C=O) groups excluding carboxylic acids is 1. The molecule has 0 atom stereocenters. The Balaban J connectivity index is 1.60. The lowest BCUT2D eigenvalue weighted by Gasteiger charge is -2.06. The van der Waals surface area contributed by atoms with Crippen molar-refractivity contribution in [2.45, 2.75) is 0 Å². The van der Waals surface area contributed by atoms with Crippen LogP contribution < -0.4 is 10.1 Å². The molecule has 5 nitrogen and oxygen atoms in total. The summed E-state index contributed by atoms with van der Waals surface area (Å²) in [4.78, 5) is 16.6. The van der Waals surface area contributed by atoms with Gasteiger partial charge in [0.25, 0.3) is 5.91 Å². The molecule has 4 rings (SSSR count). The highest BCUT2D eigenvalue weighted by molar-refractivity contribution is 6.05. The molecule has 0 spiro atoms. The maximum atomic E-state index is 13.8. The summed E-state index contributed by atoms with van der Waals surface area (Å²) in [5.74, 6) is -4.47. The Labute approximate surface area is 162 Å². The molecule has 1 N–H and O–H groups in total. The van der Waals surface area contributed by atoms with E-state index in [-0.39, 0.29) is 5.69 Å². The molecule has 0 saturated heterocycles. The van der Waals surface area contributed by atoms with E-state index in [4.69, 9.17) is 9.15 Å². The number of rotatable bonds is 4. The molecule has 29 heavy (non-hydrogen) atoms. The molecule has 0 aliphatic carbocycles. The minimum Gasteiger partial charge on any atom is -0.497 e. The van der Waals surface area contributed by atoms with Crippen molar-refractivity contribution < 1.29 is 27.1 Å². The first-order chi connectivity index (χ1) is 14.0. The molecule has 146 valence electrons. The highest BCUT2D eigenvalue weighted by atomic mass is 19.2. The number of nitrogens with one attached hydrogen (secondary N) is 1. The van der Waals surface area contributed by atoms with Crippen LogP contribution in [-0.2, 0) is 0 Å². The van der Waals surface area contributed by atoms with E-state index in [0.717, 1.165) is 11.6 Å². The number of carbonyl (C=O) groups is 1. The zero-order valence-corrected chi connectivity index (χ0v) is 15.0. The van der Waals surface area contributed by atoms with Crippen molar-refractivity contribution in [3.8, 4) is 17.2 Å². The summed E-state index contributed by atoms with van der Waals surface area (Å²) >= 11 is 0. The van der Waals surface area contributed by atoms with E-state index < -0.39 is 28.9 Å². The first kappa shape index (κ1) is 18.5. The normalized spacial score (nSPS) is 10.9. The molecule has 8 heteroatoms. The molecule has 0 aliphatic heterocycles. The van der Waals surface area contributed by atoms with E-state index in [2.05, 4.69) is 10.3 Å². The number of ether oxygens (including phenoxy) is 1. The highest BCUT2D eigenvalue weighted by Crippen LogP contribution is 2.28. The molecule has 0 aliphatic rings. The minimum absolute atomic E-state index is 0.282. The van der Waals surface area contributed by atoms with E-state index in [1.807, 2.05) is 0 Å². The molecule has 0 saturated carbocycles. The number of aromatic nitrogens is 1. The van der Waals surface area contributed by atoms with Gasteiger partial charge in [-0.25, -0.2) is 18.2 Å². The smallest absolute Gasteiger partial charge is 0.258 e. The van der Waals surface area contributed by atoms with Gasteiger partial charge in [-0.3, -0.25) is 4.79 Å². The summed E-state index contributed by atoms with van der Waals surface area (Å²) in [6.45, 7) is 0. The van der Waals surface area contributed by atoms with Crippen LogP contribution in [0.25, 0.3) is 22.6 Å². The van der Waals surface area contributed by atoms with Crippen molar-refractivity contribution in [1.29, 1.82) is 0 Å². The van der Waals surface area contributed by atoms with Crippen LogP contribution in [0.3, 0.4) is 0 Å². The summed E-state index contributed by atoms with van der Waals surface area (Å²) in [5.41, 5.74) is 1.34. The van der Waals surface area contributed by atoms with Crippen molar-refractivity contribution in [3.63, 3.8) is 0 Å². The summed E-state index contributed by atoms with van der Waals surface area (Å²) in [7, 11) is 1.57. The number of hydrogen-bond acceptors (Lipinski definition) is 4. The fraction of sp³-hybridized carbons (Fsp3) is 0.0476. The van der Waals surface area contributed by atoms with Gasteiger partial charge in [-0.1, -0.05) is 0 Å². The van der Waals surface area contributed by atoms with Crippen LogP contribution in [0.4, 0.5) is 18.9 Å². The van der Waals surface area contributed by atoms with Gasteiger partial charge in [-0.2, -0.15) is 0 Å². The van der Waals surface area contributed by atoms with E-state index >= 15 is 0 Å². The number of hydrogen-bond donors (Lipinski definition) is 1. The number of nitrogens with zero attached hydrogens (tertiary/aromatic N) is 1. The van der Waals surface area contributed by atoms with Gasteiger partial charge in [0.05, 0.1) is 12.7 Å². The Morgan fingerprint density at radius 3 is 2.48 bits per heavy atom. The number of fused-ring (bicyclic) bond motifs is 1. The van der Waals surface area contributed by atoms with E-state index in [0.29, 0.717) is 28.8 Å². The number of methoxy groups -OCH3 is 1. The van der Waals surface area contributed by atoms with Gasteiger partial charge in [0, 0.05) is 17.3 Å². The third-order valence-electron chi connectivity index (χ3n) is 4.26. The fourth-order valence-electron chi connectivity index (χ4n) is 2.76. The molecule has 4 aromatic rings. The SMILES string of the molecule is COc1ccc(-c2nc3ccc(NC(=O)c4ccc(F)c(F)c4F)cc3o2)cc1. The molecule has 1 amide bonds. The van der Waals surface area contributed by atoms with Crippen LogP contribution >= 0.6 is 0 Å². The fourth-order valence-corrected chi connectivity index (χ4v) is 2.76. The predicted octanol–water partition coefficient (Wildman–Crippen LogP) is 5.17. The van der Waals surface area contributed by atoms with Gasteiger partial charge in [0.1, 0.15) is 11.3 Å². The topological polar surface area (TPSA) is 64.4 Å². The second-order valence-corrected chi connectivity index (χ2v) is 6.11. The Bertz CT molecular complexity index is 1220. The second-order valence-electron chi connectivity index (χ2n) is 6.11. The predicted molar refractivity (Wildman–Crippen MR) is 100 cm³/mol. The second kappa shape index (κ2) is 7.31. The molecule has 0 radical (unpaired) electrons. The van der Waals surface area contributed by atoms with Crippen LogP contribution in [0.15, 0.2) is 59.0 Å². The number of benzene rings is 3. The number of anilines is 1. The Hall–Kier alpha value is -3.81. The van der Waals surface area contributed by atoms with Crippen molar-refractivity contribution in [2.75, 3.05) is 12.4 Å². The average Bonchev–Trinajstić information content (AvgIpc) is 3.15. The first-order valence-corrected chi connectivity index (χ1v) is 8.46. The summed E-state index contributed by atoms with van der Waals surface area (Å²) in [6.07, 6.45) is 0.